The maximum Gasteiger partial charge on any atom is 0.418 e. The van der Waals surface area contributed by atoms with E-state index in [0.717, 1.165) is 11.6 Å². The zero-order valence-electron chi connectivity index (χ0n) is 10.8. The summed E-state index contributed by atoms with van der Waals surface area (Å²) in [7, 11) is 0. The van der Waals surface area contributed by atoms with Crippen molar-refractivity contribution in [2.75, 3.05) is 0 Å². The molecule has 0 saturated carbocycles. The second kappa shape index (κ2) is 4.81. The molecule has 0 spiro atoms. The van der Waals surface area contributed by atoms with Crippen LogP contribution in [0.5, 0.6) is 0 Å². The predicted molar refractivity (Wildman–Crippen MR) is 68.8 cm³/mol. The smallest absolute Gasteiger partial charge is 0.328 e. The lowest BCUT2D eigenvalue weighted by Gasteiger charge is -2.14. The van der Waals surface area contributed by atoms with Gasteiger partial charge < -0.3 is 5.73 Å². The maximum absolute atomic E-state index is 13.0. The zero-order chi connectivity index (χ0) is 14.2. The summed E-state index contributed by atoms with van der Waals surface area (Å²) < 4.78 is 38.9. The number of alkyl halides is 3. The lowest BCUT2D eigenvalue weighted by molar-refractivity contribution is -0.136. The van der Waals surface area contributed by atoms with Crippen LogP contribution in [0.25, 0.3) is 10.9 Å². The lowest BCUT2D eigenvalue weighted by atomic mass is 9.99. The van der Waals surface area contributed by atoms with Crippen molar-refractivity contribution in [3.8, 4) is 0 Å². The number of hydrogen-bond acceptors (Lipinski definition) is 2. The highest BCUT2D eigenvalue weighted by molar-refractivity contribution is 5.85. The van der Waals surface area contributed by atoms with E-state index in [1.165, 1.54) is 6.07 Å². The summed E-state index contributed by atoms with van der Waals surface area (Å²) in [4.78, 5) is 4.05. The quantitative estimate of drug-likeness (QED) is 0.906. The molecular weight excluding hydrogens is 253 g/mol. The van der Waals surface area contributed by atoms with Gasteiger partial charge in [0.25, 0.3) is 0 Å². The van der Waals surface area contributed by atoms with Crippen LogP contribution in [0.1, 0.15) is 23.7 Å². The van der Waals surface area contributed by atoms with Gasteiger partial charge in [-0.05, 0) is 38.0 Å². The number of fused-ring (bicyclic) bond motifs is 1. The molecule has 2 aromatic rings. The summed E-state index contributed by atoms with van der Waals surface area (Å²) in [6.45, 7) is 3.52. The fraction of sp³-hybridized carbons (Fsp3) is 0.357. The number of nitrogens with zero attached hydrogens (tertiary/aromatic N) is 1. The molecule has 1 aromatic carbocycles. The molecule has 102 valence electrons. The van der Waals surface area contributed by atoms with Gasteiger partial charge in [-0.2, -0.15) is 13.2 Å². The molecule has 1 aromatic heterocycles. The van der Waals surface area contributed by atoms with Crippen LogP contribution in [0.4, 0.5) is 13.2 Å². The van der Waals surface area contributed by atoms with Gasteiger partial charge in [0.15, 0.2) is 0 Å². The Morgan fingerprint density at radius 2 is 2.00 bits per heavy atom. The minimum Gasteiger partial charge on any atom is -0.328 e. The standard InChI is InChI=1S/C14H15F3N2/c1-8(18)6-10-7-9(2)19-13-11(10)4-3-5-12(13)14(15,16)17/h3-5,7-8H,6,18H2,1-2H3. The molecule has 19 heavy (non-hydrogen) atoms. The number of hydrogen-bond donors (Lipinski definition) is 1. The minimum absolute atomic E-state index is 0.00523. The van der Waals surface area contributed by atoms with E-state index in [1.807, 2.05) is 6.92 Å². The van der Waals surface area contributed by atoms with Gasteiger partial charge >= 0.3 is 6.18 Å². The van der Waals surface area contributed by atoms with Gasteiger partial charge in [0.2, 0.25) is 0 Å². The maximum atomic E-state index is 13.0. The summed E-state index contributed by atoms with van der Waals surface area (Å²) in [6.07, 6.45) is -3.87. The Kier molecular flexibility index (Phi) is 3.49. The molecule has 0 aliphatic rings. The number of halogens is 3. The highest BCUT2D eigenvalue weighted by Gasteiger charge is 2.33. The van der Waals surface area contributed by atoms with E-state index >= 15 is 0 Å². The van der Waals surface area contributed by atoms with Crippen molar-refractivity contribution >= 4 is 10.9 Å². The number of pyridine rings is 1. The van der Waals surface area contributed by atoms with Crippen LogP contribution in [0.2, 0.25) is 0 Å². The number of rotatable bonds is 2. The molecule has 0 fully saturated rings. The molecule has 5 heteroatoms. The van der Waals surface area contributed by atoms with Gasteiger partial charge in [-0.1, -0.05) is 12.1 Å². The minimum atomic E-state index is -4.40. The van der Waals surface area contributed by atoms with Gasteiger partial charge in [0.05, 0.1) is 11.1 Å². The molecule has 0 amide bonds. The van der Waals surface area contributed by atoms with Crippen molar-refractivity contribution in [2.24, 2.45) is 5.73 Å². The predicted octanol–water partition coefficient (Wildman–Crippen LogP) is 3.45. The molecular formula is C14H15F3N2. The second-order valence-electron chi connectivity index (χ2n) is 4.80. The van der Waals surface area contributed by atoms with Crippen LogP contribution in [-0.4, -0.2) is 11.0 Å². The molecule has 1 unspecified atom stereocenters. The first-order valence-electron chi connectivity index (χ1n) is 6.01. The second-order valence-corrected chi connectivity index (χ2v) is 4.80. The van der Waals surface area contributed by atoms with Crippen LogP contribution in [0.15, 0.2) is 24.3 Å². The SMILES string of the molecule is Cc1cc(CC(C)N)c2cccc(C(F)(F)F)c2n1. The van der Waals surface area contributed by atoms with Gasteiger partial charge in [-0.15, -0.1) is 0 Å². The Morgan fingerprint density at radius 3 is 2.58 bits per heavy atom. The zero-order valence-corrected chi connectivity index (χ0v) is 10.8. The van der Waals surface area contributed by atoms with Gasteiger partial charge in [-0.3, -0.25) is 4.98 Å². The first-order valence-corrected chi connectivity index (χ1v) is 6.01. The summed E-state index contributed by atoms with van der Waals surface area (Å²) in [6, 6.07) is 5.82. The number of nitrogens with two attached hydrogens (primary N) is 1. The van der Waals surface area contributed by atoms with Crippen molar-refractivity contribution in [1.29, 1.82) is 0 Å². The topological polar surface area (TPSA) is 38.9 Å². The fourth-order valence-corrected chi connectivity index (χ4v) is 2.21. The average Bonchev–Trinajstić information content (AvgIpc) is 2.25. The molecule has 2 nitrogen and oxygen atoms in total. The average molecular weight is 268 g/mol. The van der Waals surface area contributed by atoms with Gasteiger partial charge in [0.1, 0.15) is 0 Å². The Balaban J connectivity index is 2.74. The van der Waals surface area contributed by atoms with Gasteiger partial charge in [-0.25, -0.2) is 0 Å². The van der Waals surface area contributed by atoms with E-state index in [1.54, 1.807) is 19.1 Å². The number of benzene rings is 1. The summed E-state index contributed by atoms with van der Waals surface area (Å²) >= 11 is 0. The van der Waals surface area contributed by atoms with Gasteiger partial charge in [0, 0.05) is 17.1 Å². The molecule has 0 aliphatic heterocycles. The highest BCUT2D eigenvalue weighted by atomic mass is 19.4. The highest BCUT2D eigenvalue weighted by Crippen LogP contribution is 2.35. The first-order chi connectivity index (χ1) is 8.79. The third kappa shape index (κ3) is 2.87. The Bertz CT molecular complexity index is 603. The van der Waals surface area contributed by atoms with E-state index in [-0.39, 0.29) is 11.6 Å². The number of para-hydroxylation sites is 1. The lowest BCUT2D eigenvalue weighted by Crippen LogP contribution is -2.18. The fourth-order valence-electron chi connectivity index (χ4n) is 2.21. The summed E-state index contributed by atoms with van der Waals surface area (Å²) in [5.41, 5.74) is 6.44. The molecule has 2 rings (SSSR count). The molecule has 1 atom stereocenters. The van der Waals surface area contributed by atoms with E-state index in [0.29, 0.717) is 17.5 Å². The molecule has 0 radical (unpaired) electrons. The molecule has 0 bridgehead atoms. The Morgan fingerprint density at radius 1 is 1.32 bits per heavy atom. The largest absolute Gasteiger partial charge is 0.418 e. The number of aryl methyl sites for hydroxylation is 1. The normalized spacial score (nSPS) is 13.8. The van der Waals surface area contributed by atoms with Crippen LogP contribution in [0, 0.1) is 6.92 Å². The van der Waals surface area contributed by atoms with Crippen molar-refractivity contribution < 1.29 is 13.2 Å². The molecule has 0 saturated heterocycles. The monoisotopic (exact) mass is 268 g/mol. The van der Waals surface area contributed by atoms with Crippen LogP contribution in [-0.2, 0) is 12.6 Å². The summed E-state index contributed by atoms with van der Waals surface area (Å²) in [5.74, 6) is 0. The Labute approximate surface area is 109 Å². The first kappa shape index (κ1) is 13.8. The van der Waals surface area contributed by atoms with Crippen LogP contribution >= 0.6 is 0 Å². The van der Waals surface area contributed by atoms with Crippen molar-refractivity contribution in [2.45, 2.75) is 32.5 Å². The third-order valence-corrected chi connectivity index (χ3v) is 2.90. The molecule has 1 heterocycles. The van der Waals surface area contributed by atoms with Crippen LogP contribution in [0.3, 0.4) is 0 Å². The summed E-state index contributed by atoms with van der Waals surface area (Å²) in [5, 5.41) is 0.526. The third-order valence-electron chi connectivity index (χ3n) is 2.90. The van der Waals surface area contributed by atoms with E-state index in [4.69, 9.17) is 5.73 Å². The van der Waals surface area contributed by atoms with E-state index in [2.05, 4.69) is 4.98 Å². The molecule has 0 aliphatic carbocycles. The van der Waals surface area contributed by atoms with Crippen LogP contribution < -0.4 is 5.73 Å². The van der Waals surface area contributed by atoms with E-state index in [9.17, 15) is 13.2 Å². The Hall–Kier alpha value is -1.62. The van der Waals surface area contributed by atoms with E-state index < -0.39 is 11.7 Å². The van der Waals surface area contributed by atoms with Crippen molar-refractivity contribution in [3.05, 3.63) is 41.1 Å². The molecule has 2 N–H and O–H groups in total. The number of aromatic nitrogens is 1. The van der Waals surface area contributed by atoms with Crippen molar-refractivity contribution in [3.63, 3.8) is 0 Å². The van der Waals surface area contributed by atoms with Crippen molar-refractivity contribution in [1.82, 2.24) is 4.98 Å².